The van der Waals surface area contributed by atoms with Gasteiger partial charge in [-0.3, -0.25) is 4.79 Å². The molecular formula is C22H24O8. The number of rotatable bonds is 4. The average Bonchev–Trinajstić information content (AvgIpc) is 3.04. The summed E-state index contributed by atoms with van der Waals surface area (Å²) in [5.41, 5.74) is 0.674. The van der Waals surface area contributed by atoms with E-state index in [0.717, 1.165) is 0 Å². The Bertz CT molecular complexity index is 1060. The van der Waals surface area contributed by atoms with Crippen LogP contribution in [0.5, 0.6) is 11.5 Å². The number of phenolic OH excluding ortho intramolecular Hbond substituents is 1. The maximum Gasteiger partial charge on any atom is 0.229 e. The van der Waals surface area contributed by atoms with Gasteiger partial charge in [-0.25, -0.2) is 0 Å². The molecule has 0 saturated carbocycles. The number of phenols is 1. The van der Waals surface area contributed by atoms with E-state index in [9.17, 15) is 20.1 Å². The van der Waals surface area contributed by atoms with Crippen LogP contribution >= 0.6 is 0 Å². The zero-order chi connectivity index (χ0) is 21.8. The Balaban J connectivity index is 0.00000124. The summed E-state index contributed by atoms with van der Waals surface area (Å²) < 4.78 is 16.4. The highest BCUT2D eigenvalue weighted by Gasteiger charge is 2.44. The lowest BCUT2D eigenvalue weighted by Crippen LogP contribution is -2.35. The molecule has 160 valence electrons. The lowest BCUT2D eigenvalue weighted by atomic mass is 10.1. The maximum atomic E-state index is 12.2. The number of fused-ring (bicyclic) bond motifs is 1. The van der Waals surface area contributed by atoms with E-state index in [1.807, 2.05) is 13.8 Å². The molecule has 0 amide bonds. The molecule has 2 aromatic carbocycles. The summed E-state index contributed by atoms with van der Waals surface area (Å²) in [6.07, 6.45) is -4.91. The minimum absolute atomic E-state index is 0.00160. The monoisotopic (exact) mass is 416 g/mol. The zero-order valence-electron chi connectivity index (χ0n) is 16.6. The third-order valence-corrected chi connectivity index (χ3v) is 4.62. The number of hydrogen-bond acceptors (Lipinski definition) is 8. The van der Waals surface area contributed by atoms with Crippen molar-refractivity contribution in [1.82, 2.24) is 0 Å². The molecule has 2 heterocycles. The van der Waals surface area contributed by atoms with Gasteiger partial charge in [0.25, 0.3) is 0 Å². The Kier molecular flexibility index (Phi) is 6.73. The molecule has 0 bridgehead atoms. The Morgan fingerprint density at radius 3 is 2.43 bits per heavy atom. The Hall–Kier alpha value is -2.91. The van der Waals surface area contributed by atoms with Crippen LogP contribution in [0.1, 0.15) is 13.8 Å². The lowest BCUT2D eigenvalue weighted by Gasteiger charge is -2.17. The SMILES string of the molecule is CC.O=c1cc(-c2ccc(OC3OC(CO)C(O)C3O)c(O)c2)oc2ccccc12. The maximum absolute atomic E-state index is 12.2. The van der Waals surface area contributed by atoms with Crippen LogP contribution in [0.4, 0.5) is 0 Å². The van der Waals surface area contributed by atoms with Gasteiger partial charge in [-0.15, -0.1) is 0 Å². The molecule has 1 fully saturated rings. The van der Waals surface area contributed by atoms with Gasteiger partial charge >= 0.3 is 0 Å². The molecule has 3 aromatic rings. The molecule has 8 nitrogen and oxygen atoms in total. The molecule has 4 unspecified atom stereocenters. The smallest absolute Gasteiger partial charge is 0.229 e. The molecule has 0 spiro atoms. The van der Waals surface area contributed by atoms with E-state index in [2.05, 4.69) is 0 Å². The van der Waals surface area contributed by atoms with Crippen LogP contribution in [0.3, 0.4) is 0 Å². The summed E-state index contributed by atoms with van der Waals surface area (Å²) in [5, 5.41) is 39.5. The van der Waals surface area contributed by atoms with Crippen molar-refractivity contribution >= 4 is 11.0 Å². The molecule has 4 atom stereocenters. The van der Waals surface area contributed by atoms with E-state index in [-0.39, 0.29) is 22.7 Å². The molecule has 1 aliphatic rings. The highest BCUT2D eigenvalue weighted by atomic mass is 16.7. The van der Waals surface area contributed by atoms with Crippen molar-refractivity contribution in [3.63, 3.8) is 0 Å². The van der Waals surface area contributed by atoms with Crippen LogP contribution in [0.25, 0.3) is 22.3 Å². The highest BCUT2D eigenvalue weighted by Crippen LogP contribution is 2.34. The van der Waals surface area contributed by atoms with Gasteiger partial charge in [-0.05, 0) is 30.3 Å². The third kappa shape index (κ3) is 4.17. The highest BCUT2D eigenvalue weighted by molar-refractivity contribution is 5.78. The minimum Gasteiger partial charge on any atom is -0.504 e. The van der Waals surface area contributed by atoms with E-state index in [1.54, 1.807) is 30.3 Å². The number of para-hydroxylation sites is 1. The lowest BCUT2D eigenvalue weighted by molar-refractivity contribution is -0.117. The summed E-state index contributed by atoms with van der Waals surface area (Å²) in [5.74, 6) is 0.00578. The Morgan fingerprint density at radius 2 is 1.77 bits per heavy atom. The molecule has 4 rings (SSSR count). The normalized spacial score (nSPS) is 23.1. The third-order valence-electron chi connectivity index (χ3n) is 4.62. The fourth-order valence-corrected chi connectivity index (χ4v) is 3.10. The summed E-state index contributed by atoms with van der Waals surface area (Å²) in [6, 6.07) is 12.5. The van der Waals surface area contributed by atoms with Crippen molar-refractivity contribution in [1.29, 1.82) is 0 Å². The van der Waals surface area contributed by atoms with Crippen LogP contribution in [0, 0.1) is 0 Å². The van der Waals surface area contributed by atoms with E-state index in [0.29, 0.717) is 16.5 Å². The number of aliphatic hydroxyl groups is 3. The molecule has 1 aromatic heterocycles. The second-order valence-electron chi connectivity index (χ2n) is 6.48. The van der Waals surface area contributed by atoms with Gasteiger partial charge in [0.2, 0.25) is 6.29 Å². The summed E-state index contributed by atoms with van der Waals surface area (Å²) in [4.78, 5) is 12.2. The van der Waals surface area contributed by atoms with Crippen molar-refractivity contribution in [2.24, 2.45) is 0 Å². The predicted octanol–water partition coefficient (Wildman–Crippen LogP) is 2.01. The van der Waals surface area contributed by atoms with E-state index in [1.165, 1.54) is 18.2 Å². The standard InChI is InChI=1S/C20H18O8.C2H6/c21-9-17-18(24)19(25)20(28-17)27-15-6-5-10(7-13(15)23)16-8-12(22)11-3-1-2-4-14(11)26-16;1-2/h1-8,17-21,23-25H,9H2;1-2H3. The van der Waals surface area contributed by atoms with Crippen LogP contribution in [-0.2, 0) is 4.74 Å². The predicted molar refractivity (Wildman–Crippen MR) is 109 cm³/mol. The van der Waals surface area contributed by atoms with Gasteiger partial charge in [0, 0.05) is 11.6 Å². The average molecular weight is 416 g/mol. The van der Waals surface area contributed by atoms with Gasteiger partial charge in [-0.2, -0.15) is 0 Å². The van der Waals surface area contributed by atoms with E-state index < -0.39 is 31.2 Å². The summed E-state index contributed by atoms with van der Waals surface area (Å²) in [7, 11) is 0. The first-order chi connectivity index (χ1) is 14.5. The van der Waals surface area contributed by atoms with Crippen LogP contribution in [0.2, 0.25) is 0 Å². The van der Waals surface area contributed by atoms with Gasteiger partial charge < -0.3 is 34.3 Å². The van der Waals surface area contributed by atoms with Gasteiger partial charge in [0.1, 0.15) is 29.7 Å². The van der Waals surface area contributed by atoms with Gasteiger partial charge in [-0.1, -0.05) is 26.0 Å². The van der Waals surface area contributed by atoms with Crippen molar-refractivity contribution in [2.45, 2.75) is 38.4 Å². The van der Waals surface area contributed by atoms with Crippen molar-refractivity contribution < 1.29 is 34.3 Å². The van der Waals surface area contributed by atoms with Crippen molar-refractivity contribution in [3.05, 3.63) is 58.8 Å². The zero-order valence-corrected chi connectivity index (χ0v) is 16.6. The Morgan fingerprint density at radius 1 is 1.03 bits per heavy atom. The number of benzene rings is 2. The first-order valence-electron chi connectivity index (χ1n) is 9.63. The molecule has 1 saturated heterocycles. The molecule has 8 heteroatoms. The number of hydrogen-bond donors (Lipinski definition) is 4. The molecule has 30 heavy (non-hydrogen) atoms. The fraction of sp³-hybridized carbons (Fsp3) is 0.318. The van der Waals surface area contributed by atoms with Gasteiger partial charge in [0.05, 0.1) is 12.0 Å². The van der Waals surface area contributed by atoms with E-state index >= 15 is 0 Å². The summed E-state index contributed by atoms with van der Waals surface area (Å²) in [6.45, 7) is 3.52. The van der Waals surface area contributed by atoms with Gasteiger partial charge in [0.15, 0.2) is 16.9 Å². The largest absolute Gasteiger partial charge is 0.504 e. The van der Waals surface area contributed by atoms with Crippen LogP contribution in [-0.4, -0.2) is 51.6 Å². The second-order valence-corrected chi connectivity index (χ2v) is 6.48. The number of aliphatic hydroxyl groups excluding tert-OH is 3. The van der Waals surface area contributed by atoms with E-state index in [4.69, 9.17) is 19.0 Å². The molecule has 4 N–H and O–H groups in total. The molecule has 0 radical (unpaired) electrons. The Labute approximate surface area is 172 Å². The van der Waals surface area contributed by atoms with Crippen molar-refractivity contribution in [3.8, 4) is 22.8 Å². The second kappa shape index (κ2) is 9.27. The summed E-state index contributed by atoms with van der Waals surface area (Å²) >= 11 is 0. The van der Waals surface area contributed by atoms with Crippen molar-refractivity contribution in [2.75, 3.05) is 6.61 Å². The first kappa shape index (κ1) is 21.8. The minimum atomic E-state index is -1.38. The quantitative estimate of drug-likeness (QED) is 0.508. The molecular weight excluding hydrogens is 392 g/mol. The molecule has 0 aliphatic carbocycles. The number of aromatic hydroxyl groups is 1. The molecule has 1 aliphatic heterocycles. The first-order valence-corrected chi connectivity index (χ1v) is 9.63. The van der Waals surface area contributed by atoms with Crippen LogP contribution in [0.15, 0.2) is 57.7 Å². The van der Waals surface area contributed by atoms with Crippen LogP contribution < -0.4 is 10.2 Å². The fourth-order valence-electron chi connectivity index (χ4n) is 3.10. The number of ether oxygens (including phenoxy) is 2. The topological polar surface area (TPSA) is 130 Å².